The monoisotopic (exact) mass is 420 g/mol. The zero-order chi connectivity index (χ0) is 18.8. The van der Waals surface area contributed by atoms with Crippen LogP contribution in [0, 0.1) is 0 Å². The van der Waals surface area contributed by atoms with Crippen molar-refractivity contribution in [2.45, 2.75) is 13.0 Å². The Morgan fingerprint density at radius 3 is 2.56 bits per heavy atom. The van der Waals surface area contributed by atoms with Gasteiger partial charge in [-0.15, -0.1) is 10.2 Å². The van der Waals surface area contributed by atoms with Crippen LogP contribution in [0.4, 0.5) is 0 Å². The largest absolute Gasteiger partial charge is 0.346 e. The highest BCUT2D eigenvalue weighted by atomic mass is 79.9. The summed E-state index contributed by atoms with van der Waals surface area (Å²) in [5, 5.41) is 11.5. The van der Waals surface area contributed by atoms with Gasteiger partial charge in [-0.25, -0.2) is 0 Å². The van der Waals surface area contributed by atoms with Gasteiger partial charge in [0.05, 0.1) is 6.04 Å². The van der Waals surface area contributed by atoms with Crippen molar-refractivity contribution in [2.75, 3.05) is 0 Å². The Labute approximate surface area is 165 Å². The molecule has 0 saturated carbocycles. The maximum absolute atomic E-state index is 12.6. The zero-order valence-corrected chi connectivity index (χ0v) is 16.2. The SMILES string of the molecule is C[C@@H](NC(=O)c1ccn2c(-c3ccccc3Br)nnc2c1)c1ccccc1. The Balaban J connectivity index is 1.61. The quantitative estimate of drug-likeness (QED) is 0.522. The van der Waals surface area contributed by atoms with Gasteiger partial charge in [0.15, 0.2) is 11.5 Å². The van der Waals surface area contributed by atoms with Crippen molar-refractivity contribution < 1.29 is 4.79 Å². The lowest BCUT2D eigenvalue weighted by Gasteiger charge is -2.14. The number of benzene rings is 2. The number of fused-ring (bicyclic) bond motifs is 1. The molecule has 0 aliphatic rings. The van der Waals surface area contributed by atoms with Crippen molar-refractivity contribution in [3.05, 3.63) is 88.5 Å². The van der Waals surface area contributed by atoms with Crippen LogP contribution >= 0.6 is 15.9 Å². The highest BCUT2D eigenvalue weighted by Gasteiger charge is 2.15. The van der Waals surface area contributed by atoms with Gasteiger partial charge >= 0.3 is 0 Å². The second kappa shape index (κ2) is 7.32. The number of halogens is 1. The maximum atomic E-state index is 12.6. The number of rotatable bonds is 4. The topological polar surface area (TPSA) is 59.3 Å². The Morgan fingerprint density at radius 2 is 1.78 bits per heavy atom. The number of carbonyl (C=O) groups is 1. The molecule has 134 valence electrons. The first-order chi connectivity index (χ1) is 13.1. The molecule has 0 bridgehead atoms. The van der Waals surface area contributed by atoms with Gasteiger partial charge in [-0.3, -0.25) is 9.20 Å². The lowest BCUT2D eigenvalue weighted by Crippen LogP contribution is -2.26. The predicted molar refractivity (Wildman–Crippen MR) is 108 cm³/mol. The van der Waals surface area contributed by atoms with Crippen LogP contribution in [0.25, 0.3) is 17.0 Å². The van der Waals surface area contributed by atoms with Crippen LogP contribution in [0.5, 0.6) is 0 Å². The summed E-state index contributed by atoms with van der Waals surface area (Å²) in [6, 6.07) is 21.2. The summed E-state index contributed by atoms with van der Waals surface area (Å²) in [6.07, 6.45) is 1.83. The minimum atomic E-state index is -0.140. The highest BCUT2D eigenvalue weighted by molar-refractivity contribution is 9.10. The molecule has 5 nitrogen and oxygen atoms in total. The molecule has 0 saturated heterocycles. The van der Waals surface area contributed by atoms with Crippen LogP contribution in [-0.2, 0) is 0 Å². The van der Waals surface area contributed by atoms with Gasteiger partial charge in [-0.05, 0) is 30.7 Å². The molecule has 0 aliphatic heterocycles. The first-order valence-corrected chi connectivity index (χ1v) is 9.38. The first kappa shape index (κ1) is 17.4. The fourth-order valence-corrected chi connectivity index (χ4v) is 3.43. The van der Waals surface area contributed by atoms with Gasteiger partial charge in [0.2, 0.25) is 0 Å². The molecule has 2 aromatic heterocycles. The molecule has 0 unspecified atom stereocenters. The fraction of sp³-hybridized carbons (Fsp3) is 0.0952. The molecule has 1 amide bonds. The molecular weight excluding hydrogens is 404 g/mol. The van der Waals surface area contributed by atoms with Gasteiger partial charge < -0.3 is 5.32 Å². The Bertz CT molecular complexity index is 1110. The van der Waals surface area contributed by atoms with E-state index >= 15 is 0 Å². The number of hydrogen-bond acceptors (Lipinski definition) is 3. The molecule has 2 aromatic carbocycles. The van der Waals surface area contributed by atoms with Crippen molar-refractivity contribution in [1.82, 2.24) is 19.9 Å². The molecule has 4 aromatic rings. The molecule has 4 rings (SSSR count). The van der Waals surface area contributed by atoms with Crippen LogP contribution < -0.4 is 5.32 Å². The summed E-state index contributed by atoms with van der Waals surface area (Å²) in [5.41, 5.74) is 3.18. The number of nitrogens with one attached hydrogen (secondary N) is 1. The van der Waals surface area contributed by atoms with Gasteiger partial charge in [0.25, 0.3) is 5.91 Å². The molecule has 0 spiro atoms. The minimum absolute atomic E-state index is 0.0800. The smallest absolute Gasteiger partial charge is 0.251 e. The number of amides is 1. The van der Waals surface area contributed by atoms with Crippen LogP contribution in [-0.4, -0.2) is 20.5 Å². The molecule has 27 heavy (non-hydrogen) atoms. The molecule has 1 N–H and O–H groups in total. The third-order valence-electron chi connectivity index (χ3n) is 4.43. The molecular formula is C21H17BrN4O. The molecule has 0 fully saturated rings. The zero-order valence-electron chi connectivity index (χ0n) is 14.6. The average Bonchev–Trinajstić information content (AvgIpc) is 3.12. The maximum Gasteiger partial charge on any atom is 0.251 e. The molecule has 0 aliphatic carbocycles. The van der Waals surface area contributed by atoms with Crippen LogP contribution in [0.15, 0.2) is 77.4 Å². The predicted octanol–water partition coefficient (Wildman–Crippen LogP) is 4.65. The third kappa shape index (κ3) is 3.48. The number of aromatic nitrogens is 3. The molecule has 2 heterocycles. The van der Waals surface area contributed by atoms with Crippen molar-refractivity contribution in [1.29, 1.82) is 0 Å². The van der Waals surface area contributed by atoms with Crippen molar-refractivity contribution >= 4 is 27.5 Å². The number of hydrogen-bond donors (Lipinski definition) is 1. The van der Waals surface area contributed by atoms with Crippen molar-refractivity contribution in [3.8, 4) is 11.4 Å². The van der Waals surface area contributed by atoms with Crippen molar-refractivity contribution in [3.63, 3.8) is 0 Å². The lowest BCUT2D eigenvalue weighted by atomic mass is 10.1. The van der Waals surface area contributed by atoms with Crippen LogP contribution in [0.1, 0.15) is 28.9 Å². The summed E-state index contributed by atoms with van der Waals surface area (Å²) in [5.74, 6) is 0.585. The second-order valence-electron chi connectivity index (χ2n) is 6.25. The molecule has 0 radical (unpaired) electrons. The number of nitrogens with zero attached hydrogens (tertiary/aromatic N) is 3. The minimum Gasteiger partial charge on any atom is -0.346 e. The van der Waals surface area contributed by atoms with E-state index in [0.717, 1.165) is 21.4 Å². The Hall–Kier alpha value is -2.99. The second-order valence-corrected chi connectivity index (χ2v) is 7.11. The highest BCUT2D eigenvalue weighted by Crippen LogP contribution is 2.27. The van der Waals surface area contributed by atoms with Crippen LogP contribution in [0.3, 0.4) is 0 Å². The fourth-order valence-electron chi connectivity index (χ4n) is 2.96. The lowest BCUT2D eigenvalue weighted by molar-refractivity contribution is 0.0940. The van der Waals surface area contributed by atoms with E-state index in [4.69, 9.17) is 0 Å². The van der Waals surface area contributed by atoms with E-state index in [0.29, 0.717) is 11.2 Å². The first-order valence-electron chi connectivity index (χ1n) is 8.59. The van der Waals surface area contributed by atoms with Gasteiger partial charge in [-0.2, -0.15) is 0 Å². The molecule has 1 atom stereocenters. The standard InChI is InChI=1S/C21H17BrN4O/c1-14(15-7-3-2-4-8-15)23-21(27)16-11-12-26-19(13-16)24-25-20(26)17-9-5-6-10-18(17)22/h2-14H,1H3,(H,23,27)/t14-/m1/s1. The van der Waals surface area contributed by atoms with E-state index in [-0.39, 0.29) is 11.9 Å². The number of carbonyl (C=O) groups excluding carboxylic acids is 1. The van der Waals surface area contributed by atoms with Crippen LogP contribution in [0.2, 0.25) is 0 Å². The van der Waals surface area contributed by atoms with E-state index in [1.165, 1.54) is 0 Å². The Kier molecular flexibility index (Phi) is 4.73. The summed E-state index contributed by atoms with van der Waals surface area (Å²) in [6.45, 7) is 1.97. The third-order valence-corrected chi connectivity index (χ3v) is 5.13. The van der Waals surface area contributed by atoms with Gasteiger partial charge in [0.1, 0.15) is 0 Å². The van der Waals surface area contributed by atoms with E-state index in [2.05, 4.69) is 31.4 Å². The Morgan fingerprint density at radius 1 is 1.04 bits per heavy atom. The summed E-state index contributed by atoms with van der Waals surface area (Å²) in [7, 11) is 0. The van der Waals surface area contributed by atoms with Gasteiger partial charge in [-0.1, -0.05) is 64.5 Å². The van der Waals surface area contributed by atoms with E-state index < -0.39 is 0 Å². The number of pyridine rings is 1. The summed E-state index contributed by atoms with van der Waals surface area (Å²) >= 11 is 3.55. The van der Waals surface area contributed by atoms with E-state index in [9.17, 15) is 4.79 Å². The summed E-state index contributed by atoms with van der Waals surface area (Å²) < 4.78 is 2.81. The normalized spacial score (nSPS) is 12.1. The van der Waals surface area contributed by atoms with E-state index in [1.807, 2.05) is 72.1 Å². The van der Waals surface area contributed by atoms with Gasteiger partial charge in [0, 0.05) is 21.8 Å². The average molecular weight is 421 g/mol. The van der Waals surface area contributed by atoms with E-state index in [1.54, 1.807) is 12.1 Å². The van der Waals surface area contributed by atoms with Crippen molar-refractivity contribution in [2.24, 2.45) is 0 Å². The summed E-state index contributed by atoms with van der Waals surface area (Å²) in [4.78, 5) is 12.6. The molecule has 6 heteroatoms.